The van der Waals surface area contributed by atoms with Crippen molar-refractivity contribution in [2.24, 2.45) is 0 Å². The van der Waals surface area contributed by atoms with Gasteiger partial charge in [-0.3, -0.25) is 4.79 Å². The Morgan fingerprint density at radius 2 is 1.88 bits per heavy atom. The van der Waals surface area contributed by atoms with Crippen LogP contribution in [0, 0.1) is 6.92 Å². The van der Waals surface area contributed by atoms with E-state index in [9.17, 15) is 13.2 Å². The molecule has 7 heteroatoms. The van der Waals surface area contributed by atoms with E-state index >= 15 is 0 Å². The lowest BCUT2D eigenvalue weighted by Gasteiger charge is -2.12. The molecule has 1 saturated carbocycles. The molecule has 128 valence electrons. The van der Waals surface area contributed by atoms with Crippen LogP contribution in [-0.2, 0) is 16.4 Å². The minimum absolute atomic E-state index is 0.0491. The molecule has 0 unspecified atom stereocenters. The summed E-state index contributed by atoms with van der Waals surface area (Å²) >= 11 is 0. The van der Waals surface area contributed by atoms with Crippen molar-refractivity contribution in [3.8, 4) is 0 Å². The largest absolute Gasteiger partial charge is 0.268 e. The molecule has 2 N–H and O–H groups in total. The molecular weight excluding hydrogens is 326 g/mol. The summed E-state index contributed by atoms with van der Waals surface area (Å²) < 4.78 is 27.5. The Hall–Kier alpha value is -1.99. The molecule has 0 bridgehead atoms. The molecule has 6 nitrogen and oxygen atoms in total. The molecule has 1 aromatic heterocycles. The Balaban J connectivity index is 1.75. The first kappa shape index (κ1) is 16.9. The van der Waals surface area contributed by atoms with Gasteiger partial charge < -0.3 is 0 Å². The van der Waals surface area contributed by atoms with Crippen LogP contribution in [0.1, 0.15) is 42.5 Å². The molecule has 1 aliphatic rings. The van der Waals surface area contributed by atoms with Crippen LogP contribution in [-0.4, -0.2) is 24.7 Å². The Morgan fingerprint density at radius 1 is 1.21 bits per heavy atom. The maximum Gasteiger partial charge on any atom is 0.267 e. The third kappa shape index (κ3) is 3.91. The van der Waals surface area contributed by atoms with Crippen molar-refractivity contribution in [2.75, 3.05) is 0 Å². The van der Waals surface area contributed by atoms with Crippen molar-refractivity contribution >= 4 is 10.0 Å². The summed E-state index contributed by atoms with van der Waals surface area (Å²) in [5.74, 6) is 0. The molecule has 0 radical (unpaired) electrons. The molecule has 3 rings (SSSR count). The lowest BCUT2D eigenvalue weighted by molar-refractivity contribution is 0.552. The van der Waals surface area contributed by atoms with E-state index in [1.54, 1.807) is 30.3 Å². The van der Waals surface area contributed by atoms with Gasteiger partial charge in [-0.25, -0.2) is 18.2 Å². The topological polar surface area (TPSA) is 91.9 Å². The van der Waals surface area contributed by atoms with Gasteiger partial charge >= 0.3 is 0 Å². The van der Waals surface area contributed by atoms with Crippen LogP contribution in [0.4, 0.5) is 0 Å². The van der Waals surface area contributed by atoms with Crippen molar-refractivity contribution in [3.63, 3.8) is 0 Å². The summed E-state index contributed by atoms with van der Waals surface area (Å²) in [6, 6.07) is 8.47. The second-order valence-electron chi connectivity index (χ2n) is 6.29. The van der Waals surface area contributed by atoms with Crippen LogP contribution in [0.15, 0.2) is 40.0 Å². The number of rotatable bonds is 5. The SMILES string of the molecule is Cc1cc(Cc2ccc(S(=O)(=O)NC3CCCC3)cc2)c(=O)[nH]n1. The molecule has 1 fully saturated rings. The van der Waals surface area contributed by atoms with Gasteiger partial charge in [-0.1, -0.05) is 25.0 Å². The Bertz CT molecular complexity index is 867. The zero-order valence-corrected chi connectivity index (χ0v) is 14.4. The maximum atomic E-state index is 12.4. The van der Waals surface area contributed by atoms with Gasteiger partial charge in [0.2, 0.25) is 10.0 Å². The fraction of sp³-hybridized carbons (Fsp3) is 0.412. The van der Waals surface area contributed by atoms with Gasteiger partial charge in [0.05, 0.1) is 10.6 Å². The molecule has 1 heterocycles. The number of hydrogen-bond donors (Lipinski definition) is 2. The van der Waals surface area contributed by atoms with Crippen LogP contribution >= 0.6 is 0 Å². The first-order valence-electron chi connectivity index (χ1n) is 8.10. The van der Waals surface area contributed by atoms with Crippen molar-refractivity contribution in [1.29, 1.82) is 0 Å². The second-order valence-corrected chi connectivity index (χ2v) is 8.00. The fourth-order valence-electron chi connectivity index (χ4n) is 3.03. The predicted octanol–water partition coefficient (Wildman–Crippen LogP) is 1.89. The van der Waals surface area contributed by atoms with Crippen LogP contribution < -0.4 is 10.3 Å². The number of nitrogens with one attached hydrogen (secondary N) is 2. The van der Waals surface area contributed by atoms with Crippen LogP contribution in [0.2, 0.25) is 0 Å². The Labute approximate surface area is 141 Å². The quantitative estimate of drug-likeness (QED) is 0.864. The molecule has 0 amide bonds. The fourth-order valence-corrected chi connectivity index (χ4v) is 4.33. The van der Waals surface area contributed by atoms with Crippen LogP contribution in [0.5, 0.6) is 0 Å². The molecular formula is C17H21N3O3S. The number of H-pyrrole nitrogens is 1. The van der Waals surface area contributed by atoms with Crippen molar-refractivity contribution in [1.82, 2.24) is 14.9 Å². The zero-order chi connectivity index (χ0) is 17.2. The minimum atomic E-state index is -3.48. The normalized spacial score (nSPS) is 15.7. The van der Waals surface area contributed by atoms with E-state index < -0.39 is 10.0 Å². The average molecular weight is 347 g/mol. The molecule has 1 aliphatic carbocycles. The molecule has 1 aromatic carbocycles. The van der Waals surface area contributed by atoms with Gasteiger partial charge in [0, 0.05) is 18.0 Å². The van der Waals surface area contributed by atoms with E-state index in [2.05, 4.69) is 14.9 Å². The zero-order valence-electron chi connectivity index (χ0n) is 13.6. The number of aryl methyl sites for hydroxylation is 1. The number of sulfonamides is 1. The van der Waals surface area contributed by atoms with E-state index in [0.717, 1.165) is 36.9 Å². The third-order valence-corrected chi connectivity index (χ3v) is 5.85. The maximum absolute atomic E-state index is 12.4. The number of aromatic amines is 1. The van der Waals surface area contributed by atoms with E-state index in [0.29, 0.717) is 12.0 Å². The highest BCUT2D eigenvalue weighted by atomic mass is 32.2. The highest BCUT2D eigenvalue weighted by Gasteiger charge is 2.22. The van der Waals surface area contributed by atoms with Crippen LogP contribution in [0.25, 0.3) is 0 Å². The standard InChI is InChI=1S/C17H21N3O3S/c1-12-10-14(17(21)19-18-12)11-13-6-8-16(9-7-13)24(22,23)20-15-4-2-3-5-15/h6-10,15,20H,2-5,11H2,1H3,(H,19,21). The minimum Gasteiger partial charge on any atom is -0.268 e. The summed E-state index contributed by atoms with van der Waals surface area (Å²) in [5.41, 5.74) is 2.01. The smallest absolute Gasteiger partial charge is 0.267 e. The highest BCUT2D eigenvalue weighted by molar-refractivity contribution is 7.89. The number of benzene rings is 1. The van der Waals surface area contributed by atoms with Gasteiger partial charge in [-0.2, -0.15) is 5.10 Å². The molecule has 0 aliphatic heterocycles. The van der Waals surface area contributed by atoms with Gasteiger partial charge in [-0.05, 0) is 43.5 Å². The first-order valence-corrected chi connectivity index (χ1v) is 9.59. The Morgan fingerprint density at radius 3 is 2.54 bits per heavy atom. The van der Waals surface area contributed by atoms with Crippen molar-refractivity contribution in [3.05, 3.63) is 57.5 Å². The van der Waals surface area contributed by atoms with E-state index in [1.165, 1.54) is 0 Å². The van der Waals surface area contributed by atoms with Gasteiger partial charge in [0.1, 0.15) is 0 Å². The van der Waals surface area contributed by atoms with Gasteiger partial charge in [0.15, 0.2) is 0 Å². The summed E-state index contributed by atoms with van der Waals surface area (Å²) in [6.07, 6.45) is 4.40. The summed E-state index contributed by atoms with van der Waals surface area (Å²) in [6.45, 7) is 1.81. The number of nitrogens with zero attached hydrogens (tertiary/aromatic N) is 1. The van der Waals surface area contributed by atoms with Crippen molar-refractivity contribution in [2.45, 2.75) is 50.0 Å². The average Bonchev–Trinajstić information content (AvgIpc) is 3.04. The summed E-state index contributed by atoms with van der Waals surface area (Å²) in [5, 5.41) is 6.30. The van der Waals surface area contributed by atoms with E-state index in [1.807, 2.05) is 6.92 Å². The highest BCUT2D eigenvalue weighted by Crippen LogP contribution is 2.20. The van der Waals surface area contributed by atoms with Crippen LogP contribution in [0.3, 0.4) is 0 Å². The second kappa shape index (κ2) is 6.86. The monoisotopic (exact) mass is 347 g/mol. The third-order valence-electron chi connectivity index (χ3n) is 4.31. The lowest BCUT2D eigenvalue weighted by Crippen LogP contribution is -2.32. The molecule has 0 saturated heterocycles. The number of hydrogen-bond acceptors (Lipinski definition) is 4. The summed E-state index contributed by atoms with van der Waals surface area (Å²) in [7, 11) is -3.48. The van der Waals surface area contributed by atoms with Gasteiger partial charge in [0.25, 0.3) is 5.56 Å². The van der Waals surface area contributed by atoms with Gasteiger partial charge in [-0.15, -0.1) is 0 Å². The predicted molar refractivity (Wildman–Crippen MR) is 91.4 cm³/mol. The summed E-state index contributed by atoms with van der Waals surface area (Å²) in [4.78, 5) is 12.0. The Kier molecular flexibility index (Phi) is 4.82. The van der Waals surface area contributed by atoms with Crippen molar-refractivity contribution < 1.29 is 8.42 Å². The first-order chi connectivity index (χ1) is 11.4. The van der Waals surface area contributed by atoms with E-state index in [-0.39, 0.29) is 16.5 Å². The molecule has 24 heavy (non-hydrogen) atoms. The molecule has 0 atom stereocenters. The molecule has 0 spiro atoms. The molecule has 2 aromatic rings. The number of aromatic nitrogens is 2. The lowest BCUT2D eigenvalue weighted by atomic mass is 10.1. The van der Waals surface area contributed by atoms with E-state index in [4.69, 9.17) is 0 Å².